The number of ether oxygens (including phenoxy) is 1. The van der Waals surface area contributed by atoms with Crippen LogP contribution in [-0.2, 0) is 14.8 Å². The van der Waals surface area contributed by atoms with Crippen molar-refractivity contribution in [3.8, 4) is 5.75 Å². The largest absolute Gasteiger partial charge is 0.484 e. The van der Waals surface area contributed by atoms with Crippen LogP contribution in [0.25, 0.3) is 0 Å². The SMILES string of the molecule is CCNC(=O)COc1ccc(S(=O)(=O)N[C@H](C)c2ccccc2)cc1. The molecule has 2 aromatic rings. The normalized spacial score (nSPS) is 12.4. The van der Waals surface area contributed by atoms with Gasteiger partial charge in [0, 0.05) is 12.6 Å². The van der Waals surface area contributed by atoms with Gasteiger partial charge in [0.1, 0.15) is 5.75 Å². The van der Waals surface area contributed by atoms with Gasteiger partial charge in [0.25, 0.3) is 5.91 Å². The third-order valence-corrected chi connectivity index (χ3v) is 5.07. The summed E-state index contributed by atoms with van der Waals surface area (Å²) in [5.74, 6) is 0.207. The number of carbonyl (C=O) groups excluding carboxylic acids is 1. The van der Waals surface area contributed by atoms with Crippen LogP contribution in [0.4, 0.5) is 0 Å². The summed E-state index contributed by atoms with van der Waals surface area (Å²) in [4.78, 5) is 11.5. The lowest BCUT2D eigenvalue weighted by Gasteiger charge is -2.15. The third kappa shape index (κ3) is 5.58. The molecule has 0 fully saturated rings. The lowest BCUT2D eigenvalue weighted by atomic mass is 10.1. The summed E-state index contributed by atoms with van der Waals surface area (Å²) < 4.78 is 32.9. The average molecular weight is 362 g/mol. The van der Waals surface area contributed by atoms with Crippen molar-refractivity contribution in [2.45, 2.75) is 24.8 Å². The van der Waals surface area contributed by atoms with E-state index in [-0.39, 0.29) is 23.5 Å². The number of sulfonamides is 1. The molecule has 0 aliphatic carbocycles. The van der Waals surface area contributed by atoms with Gasteiger partial charge in [-0.1, -0.05) is 30.3 Å². The molecule has 0 bridgehead atoms. The van der Waals surface area contributed by atoms with E-state index in [0.29, 0.717) is 12.3 Å². The quantitative estimate of drug-likeness (QED) is 0.754. The van der Waals surface area contributed by atoms with Crippen molar-refractivity contribution < 1.29 is 17.9 Å². The number of hydrogen-bond acceptors (Lipinski definition) is 4. The van der Waals surface area contributed by atoms with Crippen LogP contribution in [0.1, 0.15) is 25.5 Å². The Morgan fingerprint density at radius 1 is 1.08 bits per heavy atom. The first kappa shape index (κ1) is 19.0. The number of benzene rings is 2. The molecular weight excluding hydrogens is 340 g/mol. The van der Waals surface area contributed by atoms with Crippen molar-refractivity contribution in [3.63, 3.8) is 0 Å². The molecule has 2 aromatic carbocycles. The smallest absolute Gasteiger partial charge is 0.257 e. The fourth-order valence-corrected chi connectivity index (χ4v) is 3.45. The van der Waals surface area contributed by atoms with Gasteiger partial charge in [-0.3, -0.25) is 4.79 Å². The van der Waals surface area contributed by atoms with E-state index < -0.39 is 10.0 Å². The van der Waals surface area contributed by atoms with Crippen LogP contribution in [0.3, 0.4) is 0 Å². The molecule has 0 saturated carbocycles. The Kier molecular flexibility index (Phi) is 6.55. The Morgan fingerprint density at radius 2 is 1.72 bits per heavy atom. The van der Waals surface area contributed by atoms with Crippen LogP contribution in [0, 0.1) is 0 Å². The summed E-state index contributed by atoms with van der Waals surface area (Å²) in [6, 6.07) is 14.9. The highest BCUT2D eigenvalue weighted by Gasteiger charge is 2.18. The summed E-state index contributed by atoms with van der Waals surface area (Å²) in [5.41, 5.74) is 0.882. The molecule has 0 aliphatic rings. The van der Waals surface area contributed by atoms with Crippen LogP contribution in [0.5, 0.6) is 5.75 Å². The number of likely N-dealkylation sites (N-methyl/N-ethyl adjacent to an activating group) is 1. The number of amides is 1. The lowest BCUT2D eigenvalue weighted by molar-refractivity contribution is -0.122. The molecule has 0 saturated heterocycles. The molecule has 0 radical (unpaired) electrons. The maximum Gasteiger partial charge on any atom is 0.257 e. The summed E-state index contributed by atoms with van der Waals surface area (Å²) in [6.45, 7) is 4.03. The van der Waals surface area contributed by atoms with Crippen molar-refractivity contribution in [3.05, 3.63) is 60.2 Å². The summed E-state index contributed by atoms with van der Waals surface area (Å²) >= 11 is 0. The third-order valence-electron chi connectivity index (χ3n) is 3.51. The first-order chi connectivity index (χ1) is 11.9. The summed E-state index contributed by atoms with van der Waals surface area (Å²) in [7, 11) is -3.65. The van der Waals surface area contributed by atoms with Crippen LogP contribution < -0.4 is 14.8 Å². The lowest BCUT2D eigenvalue weighted by Crippen LogP contribution is -2.28. The van der Waals surface area contributed by atoms with Crippen LogP contribution in [-0.4, -0.2) is 27.5 Å². The minimum atomic E-state index is -3.65. The molecule has 0 aliphatic heterocycles. The molecule has 134 valence electrons. The molecule has 25 heavy (non-hydrogen) atoms. The maximum absolute atomic E-state index is 12.5. The molecule has 6 nitrogen and oxygen atoms in total. The van der Waals surface area contributed by atoms with Gasteiger partial charge < -0.3 is 10.1 Å². The second-order valence-corrected chi connectivity index (χ2v) is 7.18. The standard InChI is InChI=1S/C18H22N2O4S/c1-3-19-18(21)13-24-16-9-11-17(12-10-16)25(22,23)20-14(2)15-7-5-4-6-8-15/h4-12,14,20H,3,13H2,1-2H3,(H,19,21)/t14-/m1/s1. The van der Waals surface area contributed by atoms with Gasteiger partial charge in [-0.15, -0.1) is 0 Å². The van der Waals surface area contributed by atoms with E-state index in [1.54, 1.807) is 6.92 Å². The zero-order valence-corrected chi connectivity index (χ0v) is 15.0. The molecular formula is C18H22N2O4S. The van der Waals surface area contributed by atoms with Gasteiger partial charge in [-0.25, -0.2) is 13.1 Å². The highest BCUT2D eigenvalue weighted by atomic mass is 32.2. The Morgan fingerprint density at radius 3 is 2.32 bits per heavy atom. The van der Waals surface area contributed by atoms with Crippen LogP contribution >= 0.6 is 0 Å². The molecule has 0 aromatic heterocycles. The molecule has 0 heterocycles. The van der Waals surface area contributed by atoms with E-state index in [2.05, 4.69) is 10.0 Å². The molecule has 2 N–H and O–H groups in total. The zero-order valence-electron chi connectivity index (χ0n) is 14.2. The number of rotatable bonds is 8. The minimum absolute atomic E-state index is 0.108. The minimum Gasteiger partial charge on any atom is -0.484 e. The second kappa shape index (κ2) is 8.64. The van der Waals surface area contributed by atoms with Crippen molar-refractivity contribution in [2.24, 2.45) is 0 Å². The first-order valence-electron chi connectivity index (χ1n) is 7.99. The Bertz CT molecular complexity index is 790. The monoisotopic (exact) mass is 362 g/mol. The molecule has 0 unspecified atom stereocenters. The molecule has 7 heteroatoms. The Hall–Kier alpha value is -2.38. The second-order valence-electron chi connectivity index (χ2n) is 5.47. The van der Waals surface area contributed by atoms with Gasteiger partial charge in [0.05, 0.1) is 4.90 Å². The Balaban J connectivity index is 2.01. The van der Waals surface area contributed by atoms with Crippen molar-refractivity contribution in [1.29, 1.82) is 0 Å². The van der Waals surface area contributed by atoms with Gasteiger partial charge in [0.15, 0.2) is 6.61 Å². The van der Waals surface area contributed by atoms with Gasteiger partial charge >= 0.3 is 0 Å². The summed E-state index contributed by atoms with van der Waals surface area (Å²) in [5, 5.41) is 2.62. The fourth-order valence-electron chi connectivity index (χ4n) is 2.22. The van der Waals surface area contributed by atoms with Crippen LogP contribution in [0.2, 0.25) is 0 Å². The van der Waals surface area contributed by atoms with Crippen molar-refractivity contribution in [2.75, 3.05) is 13.2 Å². The predicted molar refractivity (Wildman–Crippen MR) is 95.8 cm³/mol. The van der Waals surface area contributed by atoms with E-state index in [9.17, 15) is 13.2 Å². The molecule has 1 amide bonds. The summed E-state index contributed by atoms with van der Waals surface area (Å²) in [6.07, 6.45) is 0. The van der Waals surface area contributed by atoms with E-state index in [4.69, 9.17) is 4.74 Å². The Labute approximate surface area is 148 Å². The van der Waals surface area contributed by atoms with Gasteiger partial charge in [0.2, 0.25) is 10.0 Å². The predicted octanol–water partition coefficient (Wildman–Crippen LogP) is 2.24. The molecule has 1 atom stereocenters. The van der Waals surface area contributed by atoms with Gasteiger partial charge in [-0.2, -0.15) is 0 Å². The van der Waals surface area contributed by atoms with E-state index in [1.165, 1.54) is 24.3 Å². The molecule has 0 spiro atoms. The number of carbonyl (C=O) groups is 1. The van der Waals surface area contributed by atoms with Crippen molar-refractivity contribution >= 4 is 15.9 Å². The number of hydrogen-bond donors (Lipinski definition) is 2. The first-order valence-corrected chi connectivity index (χ1v) is 9.47. The maximum atomic E-state index is 12.5. The van der Waals surface area contributed by atoms with Gasteiger partial charge in [-0.05, 0) is 43.7 Å². The zero-order chi connectivity index (χ0) is 18.3. The topological polar surface area (TPSA) is 84.5 Å². The van der Waals surface area contributed by atoms with E-state index in [1.807, 2.05) is 37.3 Å². The highest BCUT2D eigenvalue weighted by Crippen LogP contribution is 2.19. The highest BCUT2D eigenvalue weighted by molar-refractivity contribution is 7.89. The van der Waals surface area contributed by atoms with E-state index >= 15 is 0 Å². The van der Waals surface area contributed by atoms with Crippen LogP contribution in [0.15, 0.2) is 59.5 Å². The number of nitrogens with one attached hydrogen (secondary N) is 2. The van der Waals surface area contributed by atoms with E-state index in [0.717, 1.165) is 5.56 Å². The fraction of sp³-hybridized carbons (Fsp3) is 0.278. The van der Waals surface area contributed by atoms with Crippen molar-refractivity contribution in [1.82, 2.24) is 10.0 Å². The molecule has 2 rings (SSSR count). The average Bonchev–Trinajstić information content (AvgIpc) is 2.61.